The summed E-state index contributed by atoms with van der Waals surface area (Å²) in [5, 5.41) is -0.230. The fraction of sp³-hybridized carbons (Fsp3) is 0.533. The number of fused-ring (bicyclic) bond motifs is 1. The first kappa shape index (κ1) is 15.5. The van der Waals surface area contributed by atoms with Crippen molar-refractivity contribution in [1.82, 2.24) is 9.55 Å². The first-order chi connectivity index (χ1) is 9.96. The van der Waals surface area contributed by atoms with Crippen molar-refractivity contribution in [3.63, 3.8) is 0 Å². The van der Waals surface area contributed by atoms with Gasteiger partial charge in [-0.1, -0.05) is 0 Å². The van der Waals surface area contributed by atoms with Gasteiger partial charge in [0.05, 0.1) is 32.1 Å². The third kappa shape index (κ3) is 2.68. The molecule has 3 nitrogen and oxygen atoms in total. The van der Waals surface area contributed by atoms with Gasteiger partial charge < -0.3 is 9.30 Å². The molecule has 0 bridgehead atoms. The molecule has 3 rings (SSSR count). The summed E-state index contributed by atoms with van der Waals surface area (Å²) in [5.74, 6) is 0.550. The number of alkyl halides is 1. The van der Waals surface area contributed by atoms with Crippen molar-refractivity contribution < 1.29 is 9.13 Å². The fourth-order valence-corrected chi connectivity index (χ4v) is 3.51. The summed E-state index contributed by atoms with van der Waals surface area (Å²) in [7, 11) is 1.74. The van der Waals surface area contributed by atoms with E-state index in [0.717, 1.165) is 29.7 Å². The molecule has 0 radical (unpaired) electrons. The maximum absolute atomic E-state index is 13.9. The molecule has 0 amide bonds. The lowest BCUT2D eigenvalue weighted by molar-refractivity contribution is -0.0832. The van der Waals surface area contributed by atoms with Crippen molar-refractivity contribution in [3.05, 3.63) is 27.3 Å². The van der Waals surface area contributed by atoms with Crippen LogP contribution in [0.25, 0.3) is 11.0 Å². The second-order valence-electron chi connectivity index (χ2n) is 5.67. The quantitative estimate of drug-likeness (QED) is 0.530. The molecule has 1 atom stereocenters. The van der Waals surface area contributed by atoms with E-state index in [-0.39, 0.29) is 16.8 Å². The van der Waals surface area contributed by atoms with Gasteiger partial charge in [-0.2, -0.15) is 0 Å². The molecule has 6 heteroatoms. The molecular weight excluding hydrogens is 406 g/mol. The first-order valence-corrected chi connectivity index (χ1v) is 8.52. The number of ether oxygens (including phenoxy) is 1. The van der Waals surface area contributed by atoms with Gasteiger partial charge in [0, 0.05) is 13.2 Å². The minimum absolute atomic E-state index is 0.159. The van der Waals surface area contributed by atoms with Gasteiger partial charge in [-0.15, -0.1) is 11.6 Å². The van der Waals surface area contributed by atoms with E-state index in [1.165, 1.54) is 6.42 Å². The number of nitrogens with zero attached hydrogens (tertiary/aromatic N) is 2. The third-order valence-corrected chi connectivity index (χ3v) is 5.34. The van der Waals surface area contributed by atoms with Crippen LogP contribution in [0.5, 0.6) is 0 Å². The zero-order valence-electron chi connectivity index (χ0n) is 12.0. The highest BCUT2D eigenvalue weighted by molar-refractivity contribution is 14.1. The fourth-order valence-electron chi connectivity index (χ4n) is 2.89. The molecular formula is C15H17ClFIN2O. The number of benzene rings is 1. The van der Waals surface area contributed by atoms with E-state index in [1.807, 2.05) is 34.1 Å². The predicted molar refractivity (Wildman–Crippen MR) is 90.3 cm³/mol. The van der Waals surface area contributed by atoms with E-state index >= 15 is 0 Å². The second-order valence-corrected chi connectivity index (χ2v) is 7.48. The lowest BCUT2D eigenvalue weighted by atomic mass is 9.80. The Morgan fingerprint density at radius 2 is 2.24 bits per heavy atom. The van der Waals surface area contributed by atoms with Crippen LogP contribution in [0.15, 0.2) is 12.1 Å². The van der Waals surface area contributed by atoms with E-state index in [4.69, 9.17) is 16.3 Å². The van der Waals surface area contributed by atoms with E-state index in [0.29, 0.717) is 10.1 Å². The number of hydrogen-bond acceptors (Lipinski definition) is 2. The summed E-state index contributed by atoms with van der Waals surface area (Å²) in [6, 6.07) is 3.32. The molecule has 1 aromatic heterocycles. The summed E-state index contributed by atoms with van der Waals surface area (Å²) in [5.41, 5.74) is 1.42. The Labute approximate surface area is 142 Å². The number of halogens is 3. The third-order valence-electron chi connectivity index (χ3n) is 4.32. The van der Waals surface area contributed by atoms with Gasteiger partial charge in [-0.3, -0.25) is 0 Å². The topological polar surface area (TPSA) is 27.1 Å². The summed E-state index contributed by atoms with van der Waals surface area (Å²) in [6.45, 7) is 2.56. The first-order valence-electron chi connectivity index (χ1n) is 7.00. The van der Waals surface area contributed by atoms with Crippen molar-refractivity contribution in [2.45, 2.75) is 43.7 Å². The molecule has 1 aliphatic carbocycles. The van der Waals surface area contributed by atoms with Crippen molar-refractivity contribution >= 4 is 45.2 Å². The van der Waals surface area contributed by atoms with E-state index in [9.17, 15) is 4.39 Å². The van der Waals surface area contributed by atoms with Gasteiger partial charge in [0.25, 0.3) is 0 Å². The van der Waals surface area contributed by atoms with Crippen LogP contribution in [0.3, 0.4) is 0 Å². The average molecular weight is 423 g/mol. The zero-order valence-corrected chi connectivity index (χ0v) is 14.9. The highest BCUT2D eigenvalue weighted by Crippen LogP contribution is 2.38. The molecule has 0 N–H and O–H groups in total. The van der Waals surface area contributed by atoms with Crippen LogP contribution >= 0.6 is 34.2 Å². The van der Waals surface area contributed by atoms with Gasteiger partial charge in [-0.05, 0) is 54.8 Å². The molecule has 21 heavy (non-hydrogen) atoms. The van der Waals surface area contributed by atoms with E-state index in [2.05, 4.69) is 4.98 Å². The molecule has 1 aliphatic rings. The van der Waals surface area contributed by atoms with Crippen molar-refractivity contribution in [2.75, 3.05) is 7.11 Å². The lowest BCUT2D eigenvalue weighted by Gasteiger charge is -2.41. The SMILES string of the molecule is COC1(Cn2c(C(C)Cl)nc3cc(I)c(F)cc32)CCC1. The highest BCUT2D eigenvalue weighted by atomic mass is 127. The molecule has 1 saturated carbocycles. The molecule has 0 spiro atoms. The largest absolute Gasteiger partial charge is 0.376 e. The minimum Gasteiger partial charge on any atom is -0.376 e. The Bertz CT molecular complexity index is 676. The number of imidazole rings is 1. The maximum Gasteiger partial charge on any atom is 0.138 e. The Morgan fingerprint density at radius 3 is 2.76 bits per heavy atom. The number of methoxy groups -OCH3 is 1. The predicted octanol–water partition coefficient (Wildman–Crippen LogP) is 4.65. The molecule has 0 saturated heterocycles. The molecule has 114 valence electrons. The molecule has 1 heterocycles. The van der Waals surface area contributed by atoms with Crippen LogP contribution in [0, 0.1) is 9.39 Å². The van der Waals surface area contributed by atoms with Crippen LogP contribution in [0.2, 0.25) is 0 Å². The summed E-state index contributed by atoms with van der Waals surface area (Å²) in [4.78, 5) is 4.59. The molecule has 1 unspecified atom stereocenters. The van der Waals surface area contributed by atoms with Gasteiger partial charge in [0.15, 0.2) is 0 Å². The van der Waals surface area contributed by atoms with Gasteiger partial charge in [0.2, 0.25) is 0 Å². The molecule has 2 aromatic rings. The number of rotatable bonds is 4. The maximum atomic E-state index is 13.9. The van der Waals surface area contributed by atoms with Gasteiger partial charge >= 0.3 is 0 Å². The van der Waals surface area contributed by atoms with Gasteiger partial charge in [0.1, 0.15) is 11.6 Å². The summed E-state index contributed by atoms with van der Waals surface area (Å²) >= 11 is 8.26. The lowest BCUT2D eigenvalue weighted by Crippen LogP contribution is -2.43. The Morgan fingerprint density at radius 1 is 1.52 bits per heavy atom. The number of aromatic nitrogens is 2. The molecule has 0 aliphatic heterocycles. The van der Waals surface area contributed by atoms with Crippen LogP contribution in [0.4, 0.5) is 4.39 Å². The van der Waals surface area contributed by atoms with Crippen molar-refractivity contribution in [3.8, 4) is 0 Å². The Balaban J connectivity index is 2.13. The summed E-state index contributed by atoms with van der Waals surface area (Å²) < 4.78 is 22.2. The highest BCUT2D eigenvalue weighted by Gasteiger charge is 2.38. The molecule has 1 aromatic carbocycles. The normalized spacial score (nSPS) is 18.7. The van der Waals surface area contributed by atoms with Gasteiger partial charge in [-0.25, -0.2) is 9.37 Å². The van der Waals surface area contributed by atoms with Crippen LogP contribution in [0.1, 0.15) is 37.4 Å². The number of hydrogen-bond donors (Lipinski definition) is 0. The Hall–Kier alpha value is -0.400. The van der Waals surface area contributed by atoms with E-state index < -0.39 is 0 Å². The monoisotopic (exact) mass is 422 g/mol. The average Bonchev–Trinajstić information content (AvgIpc) is 2.73. The zero-order chi connectivity index (χ0) is 15.2. The van der Waals surface area contributed by atoms with Crippen LogP contribution in [-0.4, -0.2) is 22.3 Å². The van der Waals surface area contributed by atoms with Crippen molar-refractivity contribution in [2.24, 2.45) is 0 Å². The second kappa shape index (κ2) is 5.66. The Kier molecular flexibility index (Phi) is 4.18. The molecule has 1 fully saturated rings. The van der Waals surface area contributed by atoms with Crippen LogP contribution < -0.4 is 0 Å². The van der Waals surface area contributed by atoms with Crippen LogP contribution in [-0.2, 0) is 11.3 Å². The standard InChI is InChI=1S/C15H17ClFIN2O/c1-9(16)14-19-12-7-11(18)10(17)6-13(12)20(14)8-15(21-2)4-3-5-15/h6-7,9H,3-5,8H2,1-2H3. The smallest absolute Gasteiger partial charge is 0.138 e. The van der Waals surface area contributed by atoms with E-state index in [1.54, 1.807) is 19.2 Å². The summed E-state index contributed by atoms with van der Waals surface area (Å²) in [6.07, 6.45) is 3.21. The minimum atomic E-state index is -0.230. The van der Waals surface area contributed by atoms with Crippen molar-refractivity contribution in [1.29, 1.82) is 0 Å².